The molecular formula is C30H25N3O7S. The van der Waals surface area contributed by atoms with Crippen molar-refractivity contribution in [1.29, 1.82) is 0 Å². The zero-order valence-electron chi connectivity index (χ0n) is 22.4. The molecule has 0 amide bonds. The van der Waals surface area contributed by atoms with Crippen molar-refractivity contribution >= 4 is 29.1 Å². The highest BCUT2D eigenvalue weighted by molar-refractivity contribution is 7.07. The number of rotatable bonds is 8. The summed E-state index contributed by atoms with van der Waals surface area (Å²) in [5, 5.41) is 11.2. The van der Waals surface area contributed by atoms with E-state index in [1.54, 1.807) is 43.3 Å². The number of non-ortho nitro benzene ring substituents is 1. The summed E-state index contributed by atoms with van der Waals surface area (Å²) in [6.45, 7) is 2.02. The summed E-state index contributed by atoms with van der Waals surface area (Å²) < 4.78 is 18.4. The summed E-state index contributed by atoms with van der Waals surface area (Å²) >= 11 is 1.13. The van der Waals surface area contributed by atoms with Gasteiger partial charge in [-0.2, -0.15) is 0 Å². The number of fused-ring (bicyclic) bond motifs is 1. The first-order chi connectivity index (χ1) is 19.8. The molecular weight excluding hydrogens is 546 g/mol. The van der Waals surface area contributed by atoms with E-state index >= 15 is 0 Å². The lowest BCUT2D eigenvalue weighted by Gasteiger charge is -2.25. The molecule has 0 N–H and O–H groups in total. The van der Waals surface area contributed by atoms with Crippen LogP contribution in [-0.4, -0.2) is 29.7 Å². The van der Waals surface area contributed by atoms with E-state index in [0.717, 1.165) is 16.9 Å². The van der Waals surface area contributed by atoms with Gasteiger partial charge in [0.15, 0.2) is 16.3 Å². The fourth-order valence-electron chi connectivity index (χ4n) is 4.60. The first kappa shape index (κ1) is 27.5. The van der Waals surface area contributed by atoms with Crippen molar-refractivity contribution in [3.05, 3.63) is 131 Å². The van der Waals surface area contributed by atoms with E-state index in [2.05, 4.69) is 4.99 Å². The van der Waals surface area contributed by atoms with E-state index in [1.165, 1.54) is 30.9 Å². The zero-order valence-corrected chi connectivity index (χ0v) is 23.2. The monoisotopic (exact) mass is 571 g/mol. The van der Waals surface area contributed by atoms with Gasteiger partial charge in [-0.1, -0.05) is 59.9 Å². The maximum absolute atomic E-state index is 13.8. The van der Waals surface area contributed by atoms with Crippen molar-refractivity contribution in [1.82, 2.24) is 4.57 Å². The summed E-state index contributed by atoms with van der Waals surface area (Å²) in [6, 6.07) is 20.1. The molecule has 208 valence electrons. The van der Waals surface area contributed by atoms with Gasteiger partial charge in [0.05, 0.1) is 41.0 Å². The molecule has 41 heavy (non-hydrogen) atoms. The van der Waals surface area contributed by atoms with Gasteiger partial charge in [0.25, 0.3) is 11.2 Å². The fourth-order valence-corrected chi connectivity index (χ4v) is 5.64. The van der Waals surface area contributed by atoms with Crippen LogP contribution in [0.2, 0.25) is 0 Å². The van der Waals surface area contributed by atoms with Crippen molar-refractivity contribution in [3.63, 3.8) is 0 Å². The third kappa shape index (κ3) is 5.52. The molecule has 2 heterocycles. The van der Waals surface area contributed by atoms with Gasteiger partial charge < -0.3 is 14.2 Å². The second-order valence-electron chi connectivity index (χ2n) is 9.11. The maximum Gasteiger partial charge on any atom is 0.338 e. The van der Waals surface area contributed by atoms with Crippen LogP contribution in [0, 0.1) is 10.1 Å². The molecule has 0 spiro atoms. The van der Waals surface area contributed by atoms with Crippen molar-refractivity contribution in [2.75, 3.05) is 14.2 Å². The van der Waals surface area contributed by atoms with Crippen LogP contribution in [0.3, 0.4) is 0 Å². The van der Waals surface area contributed by atoms with E-state index < -0.39 is 22.5 Å². The molecule has 11 heteroatoms. The Bertz CT molecular complexity index is 1860. The molecule has 1 aromatic heterocycles. The minimum absolute atomic E-state index is 0.0881. The Kier molecular flexibility index (Phi) is 7.79. The second kappa shape index (κ2) is 11.6. The molecule has 0 saturated heterocycles. The van der Waals surface area contributed by atoms with Crippen molar-refractivity contribution in [2.45, 2.75) is 19.6 Å². The first-order valence-electron chi connectivity index (χ1n) is 12.5. The molecule has 10 nitrogen and oxygen atoms in total. The normalized spacial score (nSPS) is 14.7. The average molecular weight is 572 g/mol. The van der Waals surface area contributed by atoms with E-state index in [4.69, 9.17) is 14.2 Å². The van der Waals surface area contributed by atoms with Gasteiger partial charge in [0, 0.05) is 12.1 Å². The van der Waals surface area contributed by atoms with Crippen LogP contribution in [0.5, 0.6) is 11.5 Å². The summed E-state index contributed by atoms with van der Waals surface area (Å²) in [7, 11) is 2.79. The molecule has 0 saturated carbocycles. The number of nitro benzene ring substituents is 1. The topological polar surface area (TPSA) is 122 Å². The molecule has 3 aromatic carbocycles. The summed E-state index contributed by atoms with van der Waals surface area (Å²) in [6.07, 6.45) is 1.58. The standard InChI is InChI=1S/C30H25N3O7S/c1-18-26(29(35)39-3)27(21-12-13-23(24(16-21)38-2)40-17-19-8-5-4-6-9-19)32-28(34)25(41-30(32)31-18)15-20-10-7-11-22(14-20)33(36)37/h4-16,27H,17H2,1-3H3/b25-15-. The lowest BCUT2D eigenvalue weighted by molar-refractivity contribution is -0.384. The molecule has 0 bridgehead atoms. The molecule has 0 radical (unpaired) electrons. The number of benzene rings is 3. The van der Waals surface area contributed by atoms with Crippen LogP contribution in [-0.2, 0) is 16.1 Å². The van der Waals surface area contributed by atoms with Gasteiger partial charge >= 0.3 is 5.97 Å². The van der Waals surface area contributed by atoms with E-state index in [-0.39, 0.29) is 11.3 Å². The van der Waals surface area contributed by atoms with Crippen LogP contribution in [0.4, 0.5) is 5.69 Å². The van der Waals surface area contributed by atoms with E-state index in [0.29, 0.717) is 44.3 Å². The quantitative estimate of drug-likeness (QED) is 0.179. The number of ether oxygens (including phenoxy) is 3. The highest BCUT2D eigenvalue weighted by Crippen LogP contribution is 2.36. The molecule has 1 aliphatic rings. The number of methoxy groups -OCH3 is 2. The fraction of sp³-hybridized carbons (Fsp3) is 0.167. The third-order valence-electron chi connectivity index (χ3n) is 6.55. The average Bonchev–Trinajstić information content (AvgIpc) is 3.29. The van der Waals surface area contributed by atoms with Gasteiger partial charge in [-0.3, -0.25) is 19.5 Å². The number of carbonyl (C=O) groups excluding carboxylic acids is 1. The van der Waals surface area contributed by atoms with Crippen molar-refractivity contribution in [2.24, 2.45) is 4.99 Å². The Morgan fingerprint density at radius 2 is 1.85 bits per heavy atom. The molecule has 4 aromatic rings. The van der Waals surface area contributed by atoms with Gasteiger partial charge in [-0.25, -0.2) is 9.79 Å². The predicted octanol–water partition coefficient (Wildman–Crippen LogP) is 3.90. The van der Waals surface area contributed by atoms with Gasteiger partial charge in [-0.15, -0.1) is 0 Å². The number of hydrogen-bond donors (Lipinski definition) is 0. The number of esters is 1. The zero-order chi connectivity index (χ0) is 29.1. The summed E-state index contributed by atoms with van der Waals surface area (Å²) in [5.41, 5.74) is 2.20. The highest BCUT2D eigenvalue weighted by atomic mass is 32.1. The molecule has 0 aliphatic carbocycles. The van der Waals surface area contributed by atoms with Gasteiger partial charge in [0.1, 0.15) is 6.61 Å². The molecule has 1 aliphatic heterocycles. The number of nitrogens with zero attached hydrogens (tertiary/aromatic N) is 3. The molecule has 1 atom stereocenters. The number of allylic oxidation sites excluding steroid dienone is 1. The van der Waals surface area contributed by atoms with E-state index in [1.807, 2.05) is 30.3 Å². The number of aromatic nitrogens is 1. The number of hydrogen-bond acceptors (Lipinski definition) is 9. The Morgan fingerprint density at radius 3 is 2.56 bits per heavy atom. The highest BCUT2D eigenvalue weighted by Gasteiger charge is 2.33. The Balaban J connectivity index is 1.62. The predicted molar refractivity (Wildman–Crippen MR) is 153 cm³/mol. The van der Waals surface area contributed by atoms with Crippen LogP contribution < -0.4 is 24.4 Å². The molecule has 1 unspecified atom stereocenters. The number of thiazole rings is 1. The van der Waals surface area contributed by atoms with E-state index in [9.17, 15) is 19.7 Å². The van der Waals surface area contributed by atoms with Crippen molar-refractivity contribution in [3.8, 4) is 11.5 Å². The van der Waals surface area contributed by atoms with Crippen LogP contribution in [0.1, 0.15) is 29.7 Å². The van der Waals surface area contributed by atoms with Crippen LogP contribution in [0.15, 0.2) is 93.9 Å². The third-order valence-corrected chi connectivity index (χ3v) is 7.53. The maximum atomic E-state index is 13.8. The first-order valence-corrected chi connectivity index (χ1v) is 13.3. The minimum atomic E-state index is -0.858. The Labute approximate surface area is 238 Å². The number of carbonyl (C=O) groups is 1. The Morgan fingerprint density at radius 1 is 1.07 bits per heavy atom. The Hall–Kier alpha value is -5.03. The van der Waals surface area contributed by atoms with Crippen LogP contribution in [0.25, 0.3) is 6.08 Å². The lowest BCUT2D eigenvalue weighted by Crippen LogP contribution is -2.39. The summed E-state index contributed by atoms with van der Waals surface area (Å²) in [5.74, 6) is 0.308. The minimum Gasteiger partial charge on any atom is -0.493 e. The van der Waals surface area contributed by atoms with Crippen molar-refractivity contribution < 1.29 is 23.9 Å². The smallest absolute Gasteiger partial charge is 0.338 e. The van der Waals surface area contributed by atoms with Gasteiger partial charge in [-0.05, 0) is 41.8 Å². The van der Waals surface area contributed by atoms with Crippen LogP contribution >= 0.6 is 11.3 Å². The lowest BCUT2D eigenvalue weighted by atomic mass is 9.95. The molecule has 5 rings (SSSR count). The molecule has 0 fully saturated rings. The SMILES string of the molecule is COC(=O)C1=C(C)N=c2s/c(=C\c3cccc([N+](=O)[O-])c3)c(=O)n2C1c1ccc(OCc2ccccc2)c(OC)c1. The van der Waals surface area contributed by atoms with Gasteiger partial charge in [0.2, 0.25) is 0 Å². The summed E-state index contributed by atoms with van der Waals surface area (Å²) in [4.78, 5) is 42.4. The number of nitro groups is 1. The second-order valence-corrected chi connectivity index (χ2v) is 10.1. The largest absolute Gasteiger partial charge is 0.493 e.